The second-order valence-electron chi connectivity index (χ2n) is 10.7. The van der Waals surface area contributed by atoms with Gasteiger partial charge in [-0.05, 0) is 57.6 Å². The lowest BCUT2D eigenvalue weighted by Gasteiger charge is -2.33. The minimum absolute atomic E-state index is 0.0543. The number of hydrogen-bond acceptors (Lipinski definition) is 7. The molecule has 1 heterocycles. The second-order valence-corrected chi connectivity index (χ2v) is 19.6. The Balaban J connectivity index is 2.56. The number of sulfone groups is 1. The van der Waals surface area contributed by atoms with Crippen molar-refractivity contribution in [2.75, 3.05) is 19.6 Å². The van der Waals surface area contributed by atoms with Gasteiger partial charge in [-0.3, -0.25) is 0 Å². The lowest BCUT2D eigenvalue weighted by atomic mass is 9.92. The Labute approximate surface area is 211 Å². The van der Waals surface area contributed by atoms with Crippen LogP contribution in [0.1, 0.15) is 33.3 Å². The molecular weight excluding hydrogens is 514 g/mol. The summed E-state index contributed by atoms with van der Waals surface area (Å²) in [4.78, 5) is 18.7. The number of benzene rings is 1. The SMILES string of the molecule is CC(C)(C)OC(=O)N(COCC[Si](C)(C)C)C1=N[C@](C)(c2cccc(F)c2F)C=C(S(C)(=O)=O)S1. The van der Waals surface area contributed by atoms with Crippen molar-refractivity contribution in [1.29, 1.82) is 0 Å². The van der Waals surface area contributed by atoms with Crippen molar-refractivity contribution in [2.24, 2.45) is 4.99 Å². The van der Waals surface area contributed by atoms with Gasteiger partial charge in [0.2, 0.25) is 0 Å². The largest absolute Gasteiger partial charge is 0.443 e. The molecule has 1 aromatic carbocycles. The highest BCUT2D eigenvalue weighted by Gasteiger charge is 2.39. The Morgan fingerprint density at radius 2 is 1.86 bits per heavy atom. The van der Waals surface area contributed by atoms with Crippen molar-refractivity contribution in [3.63, 3.8) is 0 Å². The van der Waals surface area contributed by atoms with Crippen LogP contribution in [0.5, 0.6) is 0 Å². The molecule has 0 N–H and O–H groups in total. The fourth-order valence-corrected chi connectivity index (χ4v) is 5.94. The van der Waals surface area contributed by atoms with Gasteiger partial charge in [0.15, 0.2) is 26.6 Å². The lowest BCUT2D eigenvalue weighted by molar-refractivity contribution is 0.0111. The van der Waals surface area contributed by atoms with Gasteiger partial charge in [0.05, 0.1) is 0 Å². The molecule has 0 saturated heterocycles. The summed E-state index contributed by atoms with van der Waals surface area (Å²) < 4.78 is 65.0. The number of amides is 1. The van der Waals surface area contributed by atoms with E-state index in [2.05, 4.69) is 24.6 Å². The van der Waals surface area contributed by atoms with Gasteiger partial charge in [0.1, 0.15) is 22.1 Å². The molecule has 0 fully saturated rings. The van der Waals surface area contributed by atoms with Gasteiger partial charge in [-0.2, -0.15) is 0 Å². The van der Waals surface area contributed by atoms with Crippen LogP contribution < -0.4 is 0 Å². The van der Waals surface area contributed by atoms with Crippen LogP contribution in [0.25, 0.3) is 0 Å². The number of carbonyl (C=O) groups excluding carboxylic acids is 1. The van der Waals surface area contributed by atoms with E-state index in [0.717, 1.165) is 35.0 Å². The van der Waals surface area contributed by atoms with E-state index in [1.807, 2.05) is 0 Å². The molecule has 1 aliphatic heterocycles. The summed E-state index contributed by atoms with van der Waals surface area (Å²) in [5, 5.41) is -0.0543. The first-order valence-electron chi connectivity index (χ1n) is 11.1. The molecule has 12 heteroatoms. The van der Waals surface area contributed by atoms with Crippen molar-refractivity contribution in [3.8, 4) is 0 Å². The fourth-order valence-electron chi connectivity index (χ4n) is 2.97. The van der Waals surface area contributed by atoms with Crippen LogP contribution in [0.2, 0.25) is 25.7 Å². The van der Waals surface area contributed by atoms with Gasteiger partial charge in [-0.1, -0.05) is 31.8 Å². The summed E-state index contributed by atoms with van der Waals surface area (Å²) in [7, 11) is -5.20. The van der Waals surface area contributed by atoms with Crippen molar-refractivity contribution >= 4 is 40.9 Å². The number of carbonyl (C=O) groups is 1. The van der Waals surface area contributed by atoms with Crippen molar-refractivity contribution in [3.05, 3.63) is 45.7 Å². The van der Waals surface area contributed by atoms with Crippen LogP contribution in [0, 0.1) is 11.6 Å². The molecule has 1 aliphatic rings. The molecule has 0 bridgehead atoms. The summed E-state index contributed by atoms with van der Waals surface area (Å²) in [5.41, 5.74) is -2.62. The summed E-state index contributed by atoms with van der Waals surface area (Å²) in [6.45, 7) is 13.2. The normalized spacial score (nSPS) is 19.1. The van der Waals surface area contributed by atoms with Crippen molar-refractivity contribution in [1.82, 2.24) is 4.90 Å². The minimum Gasteiger partial charge on any atom is -0.443 e. The Morgan fingerprint density at radius 3 is 2.40 bits per heavy atom. The lowest BCUT2D eigenvalue weighted by Crippen LogP contribution is -2.43. The Hall–Kier alpha value is -1.76. The van der Waals surface area contributed by atoms with Gasteiger partial charge >= 0.3 is 6.09 Å². The maximum Gasteiger partial charge on any atom is 0.418 e. The molecule has 0 unspecified atom stereocenters. The van der Waals surface area contributed by atoms with Crippen LogP contribution in [-0.2, 0) is 24.8 Å². The van der Waals surface area contributed by atoms with Gasteiger partial charge in [0.25, 0.3) is 0 Å². The van der Waals surface area contributed by atoms with Gasteiger partial charge in [-0.15, -0.1) is 0 Å². The van der Waals surface area contributed by atoms with Crippen LogP contribution in [0.15, 0.2) is 33.5 Å². The summed E-state index contributed by atoms with van der Waals surface area (Å²) in [5.74, 6) is -2.24. The monoisotopic (exact) mass is 548 g/mol. The molecule has 0 aromatic heterocycles. The summed E-state index contributed by atoms with van der Waals surface area (Å²) >= 11 is 0.732. The third-order valence-electron chi connectivity index (χ3n) is 4.84. The second kappa shape index (κ2) is 10.7. The molecule has 0 radical (unpaired) electrons. The predicted octanol–water partition coefficient (Wildman–Crippen LogP) is 5.72. The molecular formula is C23H34F2N2O5S2Si. The van der Waals surface area contributed by atoms with E-state index in [-0.39, 0.29) is 21.7 Å². The van der Waals surface area contributed by atoms with Crippen molar-refractivity contribution < 1.29 is 31.5 Å². The number of amidine groups is 1. The molecule has 1 aromatic rings. The zero-order chi connectivity index (χ0) is 26.8. The predicted molar refractivity (Wildman–Crippen MR) is 139 cm³/mol. The van der Waals surface area contributed by atoms with E-state index in [0.29, 0.717) is 6.61 Å². The third-order valence-corrected chi connectivity index (χ3v) is 9.37. The van der Waals surface area contributed by atoms with Crippen LogP contribution >= 0.6 is 11.8 Å². The number of halogens is 2. The Kier molecular flexibility index (Phi) is 9.00. The Bertz CT molecular complexity index is 1130. The number of thioether (sulfide) groups is 1. The highest BCUT2D eigenvalue weighted by molar-refractivity contribution is 8.27. The number of nitrogens with zero attached hydrogens (tertiary/aromatic N) is 2. The minimum atomic E-state index is -3.79. The number of hydrogen-bond donors (Lipinski definition) is 0. The van der Waals surface area contributed by atoms with Crippen LogP contribution in [0.4, 0.5) is 13.6 Å². The third kappa shape index (κ3) is 8.40. The standard InChI is InChI=1S/C23H34F2N2O5S2Si/c1-22(2,3)32-21(28)27(15-31-12-13-35(6,7)8)20-26-23(4,14-18(33-20)34(5,29)30)16-10-9-11-17(24)19(16)25/h9-11,14H,12-13,15H2,1-8H3/t23-/m0/s1. The zero-order valence-electron chi connectivity index (χ0n) is 21.4. The van der Waals surface area contributed by atoms with E-state index in [1.54, 1.807) is 20.8 Å². The van der Waals surface area contributed by atoms with E-state index in [9.17, 15) is 22.0 Å². The summed E-state index contributed by atoms with van der Waals surface area (Å²) in [6.07, 6.45) is 1.46. The van der Waals surface area contributed by atoms with E-state index >= 15 is 0 Å². The maximum absolute atomic E-state index is 14.8. The molecule has 2 rings (SSSR count). The quantitative estimate of drug-likeness (QED) is 0.246. The molecule has 1 amide bonds. The van der Waals surface area contributed by atoms with Crippen LogP contribution in [0.3, 0.4) is 0 Å². The van der Waals surface area contributed by atoms with E-state index in [4.69, 9.17) is 9.47 Å². The number of rotatable bonds is 7. The molecule has 0 aliphatic carbocycles. The topological polar surface area (TPSA) is 85.3 Å². The van der Waals surface area contributed by atoms with Crippen LogP contribution in [-0.4, -0.2) is 57.8 Å². The molecule has 196 valence electrons. The van der Waals surface area contributed by atoms with Gasteiger partial charge in [0, 0.05) is 26.5 Å². The average Bonchev–Trinajstić information content (AvgIpc) is 2.66. The summed E-state index contributed by atoms with van der Waals surface area (Å²) in [6, 6.07) is 4.45. The molecule has 35 heavy (non-hydrogen) atoms. The molecule has 7 nitrogen and oxygen atoms in total. The van der Waals surface area contributed by atoms with E-state index < -0.39 is 46.8 Å². The highest BCUT2D eigenvalue weighted by atomic mass is 32.3. The molecule has 1 atom stereocenters. The smallest absolute Gasteiger partial charge is 0.418 e. The first kappa shape index (κ1) is 29.5. The first-order valence-corrected chi connectivity index (χ1v) is 17.5. The Morgan fingerprint density at radius 1 is 1.23 bits per heavy atom. The van der Waals surface area contributed by atoms with Crippen molar-refractivity contribution in [2.45, 2.75) is 64.5 Å². The fraction of sp³-hybridized carbons (Fsp3) is 0.565. The zero-order valence-corrected chi connectivity index (χ0v) is 24.1. The maximum atomic E-state index is 14.8. The molecule has 0 saturated carbocycles. The average molecular weight is 549 g/mol. The molecule has 0 spiro atoms. The highest BCUT2D eigenvalue weighted by Crippen LogP contribution is 2.41. The first-order chi connectivity index (χ1) is 15.8. The number of ether oxygens (including phenoxy) is 2. The van der Waals surface area contributed by atoms with Gasteiger partial charge < -0.3 is 9.47 Å². The van der Waals surface area contributed by atoms with Gasteiger partial charge in [-0.25, -0.2) is 31.9 Å². The number of aliphatic imine (C=N–C) groups is 1. The van der Waals surface area contributed by atoms with E-state index in [1.165, 1.54) is 25.1 Å².